The van der Waals surface area contributed by atoms with Gasteiger partial charge >= 0.3 is 0 Å². The predicted molar refractivity (Wildman–Crippen MR) is 72.5 cm³/mol. The maximum absolute atomic E-state index is 13.3. The van der Waals surface area contributed by atoms with Crippen molar-refractivity contribution in [3.63, 3.8) is 0 Å². The molecule has 0 aromatic heterocycles. The fourth-order valence-corrected chi connectivity index (χ4v) is 2.21. The minimum Gasteiger partial charge on any atom is -0.396 e. The highest BCUT2D eigenvalue weighted by Crippen LogP contribution is 2.10. The zero-order valence-electron chi connectivity index (χ0n) is 10.6. The van der Waals surface area contributed by atoms with Crippen LogP contribution in [0.25, 0.3) is 0 Å². The van der Waals surface area contributed by atoms with Gasteiger partial charge in [-0.3, -0.25) is 4.79 Å². The number of nitrogens with one attached hydrogen (secondary N) is 1. The molecule has 0 saturated carbocycles. The lowest BCUT2D eigenvalue weighted by Gasteiger charge is -2.16. The van der Waals surface area contributed by atoms with E-state index in [2.05, 4.69) is 5.32 Å². The molecule has 0 aliphatic heterocycles. The summed E-state index contributed by atoms with van der Waals surface area (Å²) in [7, 11) is 0. The Morgan fingerprint density at radius 3 is 2.83 bits per heavy atom. The molecule has 1 aromatic rings. The Kier molecular flexibility index (Phi) is 6.15. The first-order chi connectivity index (χ1) is 8.58. The number of carbonyl (C=O) groups excluding carboxylic acids is 1. The molecule has 1 amide bonds. The normalized spacial score (nSPS) is 12.2. The second kappa shape index (κ2) is 7.38. The molecule has 18 heavy (non-hydrogen) atoms. The van der Waals surface area contributed by atoms with Crippen LogP contribution in [0.15, 0.2) is 18.2 Å². The number of carbonyl (C=O) groups is 1. The summed E-state index contributed by atoms with van der Waals surface area (Å²) in [5.41, 5.74) is 0.824. The second-order valence-electron chi connectivity index (χ2n) is 4.10. The number of hydrogen-bond donors (Lipinski definition) is 2. The van der Waals surface area contributed by atoms with E-state index in [0.717, 1.165) is 5.75 Å². The Morgan fingerprint density at radius 1 is 1.56 bits per heavy atom. The second-order valence-corrected chi connectivity index (χ2v) is 5.01. The molecular formula is C13H18FNO2S. The van der Waals surface area contributed by atoms with Crippen molar-refractivity contribution < 1.29 is 14.3 Å². The van der Waals surface area contributed by atoms with E-state index in [1.807, 2.05) is 6.26 Å². The van der Waals surface area contributed by atoms with E-state index in [0.29, 0.717) is 17.5 Å². The van der Waals surface area contributed by atoms with Crippen molar-refractivity contribution in [2.75, 3.05) is 18.6 Å². The van der Waals surface area contributed by atoms with Crippen molar-refractivity contribution in [3.05, 3.63) is 35.1 Å². The Labute approximate surface area is 111 Å². The van der Waals surface area contributed by atoms with Gasteiger partial charge in [-0.2, -0.15) is 11.8 Å². The number of rotatable bonds is 6. The van der Waals surface area contributed by atoms with E-state index in [4.69, 9.17) is 5.11 Å². The van der Waals surface area contributed by atoms with Gasteiger partial charge < -0.3 is 10.4 Å². The minimum atomic E-state index is -0.383. The third-order valence-electron chi connectivity index (χ3n) is 2.61. The number of aryl methyl sites for hydroxylation is 1. The minimum absolute atomic E-state index is 0.0216. The summed E-state index contributed by atoms with van der Waals surface area (Å²) >= 11 is 1.59. The quantitative estimate of drug-likeness (QED) is 0.832. The predicted octanol–water partition coefficient (Wildman–Crippen LogP) is 1.98. The number of aliphatic hydroxyl groups excluding tert-OH is 1. The molecule has 0 saturated heterocycles. The van der Waals surface area contributed by atoms with E-state index >= 15 is 0 Å². The van der Waals surface area contributed by atoms with E-state index in [-0.39, 0.29) is 24.4 Å². The molecular weight excluding hydrogens is 253 g/mol. The van der Waals surface area contributed by atoms with Crippen LogP contribution in [0.4, 0.5) is 4.39 Å². The topological polar surface area (TPSA) is 49.3 Å². The van der Waals surface area contributed by atoms with Crippen LogP contribution in [0, 0.1) is 12.7 Å². The number of aliphatic hydroxyl groups is 1. The molecule has 0 aliphatic carbocycles. The average Bonchev–Trinajstić information content (AvgIpc) is 2.33. The van der Waals surface area contributed by atoms with Crippen molar-refractivity contribution in [3.8, 4) is 0 Å². The molecule has 3 nitrogen and oxygen atoms in total. The van der Waals surface area contributed by atoms with Gasteiger partial charge in [0.2, 0.25) is 0 Å². The van der Waals surface area contributed by atoms with Crippen molar-refractivity contribution in [2.45, 2.75) is 19.4 Å². The molecule has 2 N–H and O–H groups in total. The van der Waals surface area contributed by atoms with Gasteiger partial charge in [-0.05, 0) is 37.3 Å². The summed E-state index contributed by atoms with van der Waals surface area (Å²) in [5.74, 6) is 0.0355. The highest BCUT2D eigenvalue weighted by Gasteiger charge is 2.13. The molecule has 0 aliphatic rings. The molecule has 1 unspecified atom stereocenters. The lowest BCUT2D eigenvalue weighted by molar-refractivity contribution is 0.0935. The van der Waals surface area contributed by atoms with Crippen LogP contribution >= 0.6 is 11.8 Å². The Hall–Kier alpha value is -1.07. The number of thioether (sulfide) groups is 1. The fourth-order valence-electron chi connectivity index (χ4n) is 1.56. The van der Waals surface area contributed by atoms with Gasteiger partial charge in [-0.25, -0.2) is 4.39 Å². The highest BCUT2D eigenvalue weighted by atomic mass is 32.2. The maximum atomic E-state index is 13.3. The summed E-state index contributed by atoms with van der Waals surface area (Å²) in [6.07, 6.45) is 2.43. The Morgan fingerprint density at radius 2 is 2.28 bits per heavy atom. The van der Waals surface area contributed by atoms with E-state index in [1.165, 1.54) is 6.07 Å². The van der Waals surface area contributed by atoms with Gasteiger partial charge in [0.05, 0.1) is 0 Å². The third-order valence-corrected chi connectivity index (χ3v) is 3.35. The van der Waals surface area contributed by atoms with Crippen molar-refractivity contribution in [1.82, 2.24) is 5.32 Å². The lowest BCUT2D eigenvalue weighted by Crippen LogP contribution is -2.37. The highest BCUT2D eigenvalue weighted by molar-refractivity contribution is 7.98. The Balaban J connectivity index is 2.70. The van der Waals surface area contributed by atoms with Crippen LogP contribution in [0.2, 0.25) is 0 Å². The molecule has 1 aromatic carbocycles. The van der Waals surface area contributed by atoms with E-state index in [1.54, 1.807) is 30.8 Å². The molecule has 5 heteroatoms. The number of benzene rings is 1. The van der Waals surface area contributed by atoms with Crippen LogP contribution in [-0.4, -0.2) is 35.7 Å². The SMILES string of the molecule is CSCC(CCO)NC(=O)c1ccc(C)c(F)c1. The van der Waals surface area contributed by atoms with Crippen LogP contribution in [0.5, 0.6) is 0 Å². The standard InChI is InChI=1S/C13H18FNO2S/c1-9-3-4-10(7-12(9)14)13(17)15-11(5-6-16)8-18-2/h3-4,7,11,16H,5-6,8H2,1-2H3,(H,15,17). The molecule has 1 rings (SSSR count). The third kappa shape index (κ3) is 4.31. The van der Waals surface area contributed by atoms with Crippen molar-refractivity contribution >= 4 is 17.7 Å². The van der Waals surface area contributed by atoms with Gasteiger partial charge in [0.1, 0.15) is 5.82 Å². The molecule has 1 atom stereocenters. The average molecular weight is 271 g/mol. The molecule has 0 bridgehead atoms. The molecule has 0 radical (unpaired) electrons. The van der Waals surface area contributed by atoms with Crippen LogP contribution in [0.1, 0.15) is 22.3 Å². The van der Waals surface area contributed by atoms with Crippen molar-refractivity contribution in [1.29, 1.82) is 0 Å². The largest absolute Gasteiger partial charge is 0.396 e. The summed E-state index contributed by atoms with van der Waals surface area (Å²) in [5, 5.41) is 11.7. The maximum Gasteiger partial charge on any atom is 0.251 e. The first kappa shape index (κ1) is 15.0. The van der Waals surface area contributed by atoms with Gasteiger partial charge in [0.25, 0.3) is 5.91 Å². The van der Waals surface area contributed by atoms with Crippen molar-refractivity contribution in [2.24, 2.45) is 0 Å². The Bertz CT molecular complexity index is 406. The van der Waals surface area contributed by atoms with E-state index in [9.17, 15) is 9.18 Å². The zero-order valence-corrected chi connectivity index (χ0v) is 11.4. The van der Waals surface area contributed by atoms with Crippen LogP contribution < -0.4 is 5.32 Å². The first-order valence-corrected chi connectivity index (χ1v) is 7.14. The van der Waals surface area contributed by atoms with Gasteiger partial charge in [-0.15, -0.1) is 0 Å². The summed E-state index contributed by atoms with van der Waals surface area (Å²) in [6, 6.07) is 4.32. The first-order valence-electron chi connectivity index (χ1n) is 5.75. The number of amides is 1. The smallest absolute Gasteiger partial charge is 0.251 e. The van der Waals surface area contributed by atoms with Gasteiger partial charge in [-0.1, -0.05) is 6.07 Å². The lowest BCUT2D eigenvalue weighted by atomic mass is 10.1. The summed E-state index contributed by atoms with van der Waals surface area (Å²) in [4.78, 5) is 11.9. The fraction of sp³-hybridized carbons (Fsp3) is 0.462. The van der Waals surface area contributed by atoms with Crippen LogP contribution in [0.3, 0.4) is 0 Å². The van der Waals surface area contributed by atoms with Gasteiger partial charge in [0.15, 0.2) is 0 Å². The molecule has 100 valence electrons. The van der Waals surface area contributed by atoms with E-state index < -0.39 is 0 Å². The molecule has 0 spiro atoms. The number of halogens is 1. The zero-order chi connectivity index (χ0) is 13.5. The van der Waals surface area contributed by atoms with Crippen LogP contribution in [-0.2, 0) is 0 Å². The number of hydrogen-bond acceptors (Lipinski definition) is 3. The molecule has 0 fully saturated rings. The molecule has 0 heterocycles. The monoisotopic (exact) mass is 271 g/mol. The van der Waals surface area contributed by atoms with Gasteiger partial charge in [0, 0.05) is 24.0 Å². The summed E-state index contributed by atoms with van der Waals surface area (Å²) in [6.45, 7) is 1.67. The summed E-state index contributed by atoms with van der Waals surface area (Å²) < 4.78 is 13.3.